The summed E-state index contributed by atoms with van der Waals surface area (Å²) < 4.78 is 17.3. The monoisotopic (exact) mass is 419 g/mol. The first-order chi connectivity index (χ1) is 14.9. The molecule has 2 aromatic heterocycles. The minimum atomic E-state index is -0.651. The molecule has 0 radical (unpaired) electrons. The van der Waals surface area contributed by atoms with E-state index in [4.69, 9.17) is 0 Å². The molecular weight excluding hydrogens is 401 g/mol. The maximum Gasteiger partial charge on any atom is 0.295 e. The van der Waals surface area contributed by atoms with E-state index in [1.54, 1.807) is 30.8 Å². The lowest BCUT2D eigenvalue weighted by molar-refractivity contribution is 0.102. The number of hydrogen-bond acceptors (Lipinski definition) is 4. The lowest BCUT2D eigenvalue weighted by Crippen LogP contribution is -2.26. The molecule has 8 nitrogen and oxygen atoms in total. The molecule has 156 valence electrons. The van der Waals surface area contributed by atoms with Crippen molar-refractivity contribution >= 4 is 11.6 Å². The number of carbonyl (C=O) groups excluding carboxylic acids is 1. The number of nitrogens with zero attached hydrogens (tertiary/aromatic N) is 4. The number of anilines is 1. The lowest BCUT2D eigenvalue weighted by atomic mass is 10.3. The normalized spacial score (nSPS) is 10.8. The molecule has 4 aromatic rings. The lowest BCUT2D eigenvalue weighted by Gasteiger charge is -2.07. The van der Waals surface area contributed by atoms with Crippen LogP contribution < -0.4 is 16.4 Å². The minimum Gasteiger partial charge on any atom is -0.314 e. The van der Waals surface area contributed by atoms with E-state index in [-0.39, 0.29) is 11.4 Å². The van der Waals surface area contributed by atoms with Gasteiger partial charge in [0.05, 0.1) is 17.1 Å². The Morgan fingerprint density at radius 3 is 2.29 bits per heavy atom. The second-order valence-electron chi connectivity index (χ2n) is 6.84. The zero-order valence-corrected chi connectivity index (χ0v) is 16.7. The van der Waals surface area contributed by atoms with E-state index < -0.39 is 22.8 Å². The molecule has 0 saturated heterocycles. The number of benzene rings is 2. The molecule has 2 heterocycles. The Morgan fingerprint density at radius 2 is 1.61 bits per heavy atom. The van der Waals surface area contributed by atoms with E-state index in [1.165, 1.54) is 41.1 Å². The van der Waals surface area contributed by atoms with Crippen LogP contribution in [0.4, 0.5) is 10.1 Å². The summed E-state index contributed by atoms with van der Waals surface area (Å²) in [5, 5.41) is 6.67. The highest BCUT2D eigenvalue weighted by Gasteiger charge is 2.20. The molecule has 1 N–H and O–H groups in total. The predicted molar refractivity (Wildman–Crippen MR) is 113 cm³/mol. The van der Waals surface area contributed by atoms with Crippen molar-refractivity contribution in [1.29, 1.82) is 0 Å². The third kappa shape index (κ3) is 3.68. The van der Waals surface area contributed by atoms with Crippen molar-refractivity contribution in [3.63, 3.8) is 0 Å². The van der Waals surface area contributed by atoms with Crippen LogP contribution in [0.25, 0.3) is 11.4 Å². The predicted octanol–water partition coefficient (Wildman–Crippen LogP) is 2.42. The Labute approximate surface area is 175 Å². The topological polar surface area (TPSA) is 90.9 Å². The van der Waals surface area contributed by atoms with Gasteiger partial charge >= 0.3 is 0 Å². The molecule has 0 unspecified atom stereocenters. The van der Waals surface area contributed by atoms with Gasteiger partial charge in [0, 0.05) is 13.1 Å². The number of carbonyl (C=O) groups is 1. The maximum atomic E-state index is 13.2. The van der Waals surface area contributed by atoms with Gasteiger partial charge in [0.2, 0.25) is 0 Å². The van der Waals surface area contributed by atoms with Gasteiger partial charge in [0.25, 0.3) is 17.0 Å². The summed E-state index contributed by atoms with van der Waals surface area (Å²) in [6.07, 6.45) is 0. The van der Waals surface area contributed by atoms with E-state index in [1.807, 2.05) is 18.2 Å². The highest BCUT2D eigenvalue weighted by molar-refractivity contribution is 6.03. The standard InChI is InChI=1S/C22H18FN5O3/c1-14-20(22(31)28(26(14)2)17-6-4-3-5-7-17)24-21(30)18-12-13-19(29)27(25-18)16-10-8-15(23)9-11-16/h3-13H,1-2H3,(H,24,30). The van der Waals surface area contributed by atoms with Gasteiger partial charge in [0.15, 0.2) is 0 Å². The van der Waals surface area contributed by atoms with Crippen molar-refractivity contribution in [2.24, 2.45) is 7.05 Å². The van der Waals surface area contributed by atoms with Gasteiger partial charge in [-0.15, -0.1) is 0 Å². The van der Waals surface area contributed by atoms with Crippen molar-refractivity contribution in [3.8, 4) is 11.4 Å². The maximum absolute atomic E-state index is 13.2. The number of amides is 1. The summed E-state index contributed by atoms with van der Waals surface area (Å²) in [6.45, 7) is 1.71. The van der Waals surface area contributed by atoms with Crippen molar-refractivity contribution in [1.82, 2.24) is 19.1 Å². The molecule has 0 aliphatic rings. The highest BCUT2D eigenvalue weighted by Crippen LogP contribution is 2.15. The minimum absolute atomic E-state index is 0.0714. The van der Waals surface area contributed by atoms with Gasteiger partial charge in [-0.05, 0) is 49.4 Å². The van der Waals surface area contributed by atoms with E-state index in [0.29, 0.717) is 17.1 Å². The van der Waals surface area contributed by atoms with E-state index in [9.17, 15) is 18.8 Å². The zero-order chi connectivity index (χ0) is 22.1. The Hall–Kier alpha value is -4.27. The third-order valence-corrected chi connectivity index (χ3v) is 4.90. The Bertz CT molecular complexity index is 1390. The molecule has 4 rings (SSSR count). The number of rotatable bonds is 4. The number of nitrogens with one attached hydrogen (secondary N) is 1. The number of hydrogen-bond donors (Lipinski definition) is 1. The smallest absolute Gasteiger partial charge is 0.295 e. The molecule has 9 heteroatoms. The molecule has 0 spiro atoms. The van der Waals surface area contributed by atoms with Crippen molar-refractivity contribution < 1.29 is 9.18 Å². The summed E-state index contributed by atoms with van der Waals surface area (Å²) in [6, 6.07) is 16.6. The number of para-hydroxylation sites is 1. The third-order valence-electron chi connectivity index (χ3n) is 4.90. The van der Waals surface area contributed by atoms with Gasteiger partial charge in [0.1, 0.15) is 17.2 Å². The van der Waals surface area contributed by atoms with Crippen LogP contribution in [0.1, 0.15) is 16.2 Å². The summed E-state index contributed by atoms with van der Waals surface area (Å²) >= 11 is 0. The van der Waals surface area contributed by atoms with Crippen LogP contribution in [0.2, 0.25) is 0 Å². The van der Waals surface area contributed by atoms with Gasteiger partial charge in [-0.25, -0.2) is 9.07 Å². The summed E-state index contributed by atoms with van der Waals surface area (Å²) in [7, 11) is 1.71. The fourth-order valence-electron chi connectivity index (χ4n) is 3.19. The Morgan fingerprint density at radius 1 is 0.935 bits per heavy atom. The van der Waals surface area contributed by atoms with Crippen molar-refractivity contribution in [2.75, 3.05) is 5.32 Å². The second kappa shape index (κ2) is 7.86. The van der Waals surface area contributed by atoms with Gasteiger partial charge in [-0.3, -0.25) is 19.1 Å². The zero-order valence-electron chi connectivity index (χ0n) is 16.7. The second-order valence-corrected chi connectivity index (χ2v) is 6.84. The first kappa shape index (κ1) is 20.0. The highest BCUT2D eigenvalue weighted by atomic mass is 19.1. The van der Waals surface area contributed by atoms with Gasteiger partial charge < -0.3 is 5.32 Å². The molecule has 2 aromatic carbocycles. The van der Waals surface area contributed by atoms with E-state index in [2.05, 4.69) is 10.4 Å². The number of aromatic nitrogens is 4. The summed E-state index contributed by atoms with van der Waals surface area (Å²) in [4.78, 5) is 38.0. The fraction of sp³-hybridized carbons (Fsp3) is 0.0909. The van der Waals surface area contributed by atoms with Crippen LogP contribution in [-0.2, 0) is 7.05 Å². The SMILES string of the molecule is Cc1c(NC(=O)c2ccc(=O)n(-c3ccc(F)cc3)n2)c(=O)n(-c2ccccc2)n1C. The van der Waals surface area contributed by atoms with Crippen LogP contribution in [0.3, 0.4) is 0 Å². The van der Waals surface area contributed by atoms with Gasteiger partial charge in [-0.2, -0.15) is 9.78 Å². The largest absolute Gasteiger partial charge is 0.314 e. The molecular formula is C22H18FN5O3. The Kier molecular flexibility index (Phi) is 5.08. The van der Waals surface area contributed by atoms with E-state index >= 15 is 0 Å². The quantitative estimate of drug-likeness (QED) is 0.550. The first-order valence-corrected chi connectivity index (χ1v) is 9.38. The van der Waals surface area contributed by atoms with E-state index in [0.717, 1.165) is 4.68 Å². The molecule has 0 bridgehead atoms. The Balaban J connectivity index is 1.70. The molecule has 0 aliphatic heterocycles. The van der Waals surface area contributed by atoms with Crippen molar-refractivity contribution in [3.05, 3.63) is 105 Å². The summed E-state index contributed by atoms with van der Waals surface area (Å²) in [5.74, 6) is -1.11. The molecule has 0 fully saturated rings. The van der Waals surface area contributed by atoms with Gasteiger partial charge in [-0.1, -0.05) is 18.2 Å². The van der Waals surface area contributed by atoms with Crippen LogP contribution in [-0.4, -0.2) is 25.1 Å². The molecule has 1 amide bonds. The average Bonchev–Trinajstić information content (AvgIpc) is 2.98. The number of halogens is 1. The average molecular weight is 419 g/mol. The van der Waals surface area contributed by atoms with Crippen LogP contribution >= 0.6 is 0 Å². The van der Waals surface area contributed by atoms with Crippen LogP contribution in [0.5, 0.6) is 0 Å². The van der Waals surface area contributed by atoms with Crippen LogP contribution in [0.15, 0.2) is 76.3 Å². The molecule has 0 aliphatic carbocycles. The van der Waals surface area contributed by atoms with Crippen LogP contribution in [0, 0.1) is 12.7 Å². The molecule has 0 atom stereocenters. The fourth-order valence-corrected chi connectivity index (χ4v) is 3.19. The first-order valence-electron chi connectivity index (χ1n) is 9.38. The molecule has 0 saturated carbocycles. The molecule has 31 heavy (non-hydrogen) atoms. The summed E-state index contributed by atoms with van der Waals surface area (Å²) in [5.41, 5.74) is 0.673. The van der Waals surface area contributed by atoms with Crippen molar-refractivity contribution in [2.45, 2.75) is 6.92 Å².